The van der Waals surface area contributed by atoms with Crippen LogP contribution >= 0.6 is 0 Å². The van der Waals surface area contributed by atoms with E-state index < -0.39 is 0 Å². The Morgan fingerprint density at radius 1 is 0.929 bits per heavy atom. The maximum absolute atomic E-state index is 12.9. The molecule has 0 bridgehead atoms. The molecule has 2 aromatic carbocycles. The molecule has 150 valence electrons. The van der Waals surface area contributed by atoms with Crippen molar-refractivity contribution in [1.29, 1.82) is 0 Å². The Labute approximate surface area is 166 Å². The Kier molecular flexibility index (Phi) is 8.34. The molecular weight excluding hydrogens is 358 g/mol. The van der Waals surface area contributed by atoms with E-state index in [0.717, 1.165) is 11.3 Å². The molecule has 0 spiro atoms. The van der Waals surface area contributed by atoms with Gasteiger partial charge in [-0.2, -0.15) is 0 Å². The lowest BCUT2D eigenvalue weighted by molar-refractivity contribution is -0.143. The molecule has 0 saturated carbocycles. The number of ether oxygens (including phenoxy) is 3. The second kappa shape index (κ2) is 11.0. The summed E-state index contributed by atoms with van der Waals surface area (Å²) in [5, 5.41) is 0. The number of aryl methyl sites for hydroxylation is 1. The minimum atomic E-state index is -0.319. The van der Waals surface area contributed by atoms with E-state index in [1.807, 2.05) is 43.3 Å². The Hall–Kier alpha value is -3.02. The minimum Gasteiger partial charge on any atom is -0.497 e. The molecule has 0 aliphatic heterocycles. The number of hydrogen-bond donors (Lipinski definition) is 0. The SMILES string of the molecule is CCOC(=O)CCN(CCOc1ccc(OC)cc1)C(=O)c1ccc(C)cc1. The van der Waals surface area contributed by atoms with Crippen LogP contribution in [0.25, 0.3) is 0 Å². The molecule has 2 aromatic rings. The zero-order chi connectivity index (χ0) is 20.4. The zero-order valence-electron chi connectivity index (χ0n) is 16.6. The van der Waals surface area contributed by atoms with Gasteiger partial charge in [-0.3, -0.25) is 9.59 Å². The maximum Gasteiger partial charge on any atom is 0.307 e. The Bertz CT molecular complexity index is 756. The van der Waals surface area contributed by atoms with Crippen molar-refractivity contribution in [3.8, 4) is 11.5 Å². The van der Waals surface area contributed by atoms with E-state index in [9.17, 15) is 9.59 Å². The van der Waals surface area contributed by atoms with Gasteiger partial charge in [0, 0.05) is 12.1 Å². The molecule has 0 aliphatic carbocycles. The highest BCUT2D eigenvalue weighted by Crippen LogP contribution is 2.17. The van der Waals surface area contributed by atoms with Crippen molar-refractivity contribution in [3.05, 3.63) is 59.7 Å². The highest BCUT2D eigenvalue weighted by atomic mass is 16.5. The smallest absolute Gasteiger partial charge is 0.307 e. The van der Waals surface area contributed by atoms with Gasteiger partial charge in [-0.05, 0) is 50.2 Å². The van der Waals surface area contributed by atoms with Crippen LogP contribution < -0.4 is 9.47 Å². The summed E-state index contributed by atoms with van der Waals surface area (Å²) in [6, 6.07) is 14.6. The molecule has 6 heteroatoms. The number of methoxy groups -OCH3 is 1. The summed E-state index contributed by atoms with van der Waals surface area (Å²) < 4.78 is 15.8. The summed E-state index contributed by atoms with van der Waals surface area (Å²) in [5.74, 6) is 0.981. The fourth-order valence-corrected chi connectivity index (χ4v) is 2.60. The first-order chi connectivity index (χ1) is 13.5. The molecule has 6 nitrogen and oxygen atoms in total. The fourth-order valence-electron chi connectivity index (χ4n) is 2.60. The van der Waals surface area contributed by atoms with E-state index in [4.69, 9.17) is 14.2 Å². The molecule has 0 atom stereocenters. The molecule has 0 heterocycles. The quantitative estimate of drug-likeness (QED) is 0.586. The predicted octanol–water partition coefficient (Wildman–Crippen LogP) is 3.48. The van der Waals surface area contributed by atoms with E-state index in [0.29, 0.717) is 31.1 Å². The van der Waals surface area contributed by atoms with E-state index >= 15 is 0 Å². The number of esters is 1. The largest absolute Gasteiger partial charge is 0.497 e. The molecule has 0 aromatic heterocycles. The molecule has 0 fully saturated rings. The van der Waals surface area contributed by atoms with Gasteiger partial charge >= 0.3 is 5.97 Å². The molecule has 0 unspecified atom stereocenters. The van der Waals surface area contributed by atoms with Gasteiger partial charge in [0.15, 0.2) is 0 Å². The van der Waals surface area contributed by atoms with Crippen LogP contribution in [0.4, 0.5) is 0 Å². The van der Waals surface area contributed by atoms with Crippen LogP contribution in [0.2, 0.25) is 0 Å². The third-order valence-corrected chi connectivity index (χ3v) is 4.17. The van der Waals surface area contributed by atoms with Crippen molar-refractivity contribution in [1.82, 2.24) is 4.90 Å². The van der Waals surface area contributed by atoms with Crippen LogP contribution in [0, 0.1) is 6.92 Å². The first-order valence-electron chi connectivity index (χ1n) is 9.32. The second-order valence-electron chi connectivity index (χ2n) is 6.24. The van der Waals surface area contributed by atoms with Gasteiger partial charge in [0.25, 0.3) is 5.91 Å². The summed E-state index contributed by atoms with van der Waals surface area (Å²) in [6.07, 6.45) is 0.147. The first kappa shape index (κ1) is 21.3. The Morgan fingerprint density at radius 2 is 1.57 bits per heavy atom. The molecule has 2 rings (SSSR count). The number of nitrogens with zero attached hydrogens (tertiary/aromatic N) is 1. The van der Waals surface area contributed by atoms with Crippen molar-refractivity contribution >= 4 is 11.9 Å². The lowest BCUT2D eigenvalue weighted by atomic mass is 10.1. The average Bonchev–Trinajstić information content (AvgIpc) is 2.71. The number of benzene rings is 2. The average molecular weight is 385 g/mol. The summed E-state index contributed by atoms with van der Waals surface area (Å²) in [7, 11) is 1.61. The molecule has 0 N–H and O–H groups in total. The Balaban J connectivity index is 1.98. The van der Waals surface area contributed by atoms with Crippen LogP contribution in [0.5, 0.6) is 11.5 Å². The van der Waals surface area contributed by atoms with Gasteiger partial charge in [-0.25, -0.2) is 0 Å². The van der Waals surface area contributed by atoms with Gasteiger partial charge in [0.2, 0.25) is 0 Å². The van der Waals surface area contributed by atoms with Crippen molar-refractivity contribution in [3.63, 3.8) is 0 Å². The fraction of sp³-hybridized carbons (Fsp3) is 0.364. The van der Waals surface area contributed by atoms with Crippen LogP contribution in [-0.4, -0.2) is 50.2 Å². The number of amides is 1. The van der Waals surface area contributed by atoms with Gasteiger partial charge < -0.3 is 19.1 Å². The van der Waals surface area contributed by atoms with Gasteiger partial charge in [-0.15, -0.1) is 0 Å². The first-order valence-corrected chi connectivity index (χ1v) is 9.32. The third kappa shape index (κ3) is 6.61. The standard InChI is InChI=1S/C22H27NO5/c1-4-27-21(24)13-14-23(22(25)18-7-5-17(2)6-8-18)15-16-28-20-11-9-19(26-3)10-12-20/h5-12H,4,13-16H2,1-3H3. The lowest BCUT2D eigenvalue weighted by Crippen LogP contribution is -2.36. The Morgan fingerprint density at radius 3 is 2.18 bits per heavy atom. The number of carbonyl (C=O) groups is 2. The lowest BCUT2D eigenvalue weighted by Gasteiger charge is -2.22. The van der Waals surface area contributed by atoms with Crippen molar-refractivity contribution in [2.75, 3.05) is 33.4 Å². The van der Waals surface area contributed by atoms with E-state index in [-0.39, 0.29) is 24.8 Å². The van der Waals surface area contributed by atoms with E-state index in [2.05, 4.69) is 0 Å². The van der Waals surface area contributed by atoms with Crippen molar-refractivity contribution in [2.45, 2.75) is 20.3 Å². The van der Waals surface area contributed by atoms with E-state index in [1.165, 1.54) is 0 Å². The second-order valence-corrected chi connectivity index (χ2v) is 6.24. The van der Waals surface area contributed by atoms with E-state index in [1.54, 1.807) is 31.1 Å². The third-order valence-electron chi connectivity index (χ3n) is 4.17. The summed E-state index contributed by atoms with van der Waals surface area (Å²) >= 11 is 0. The van der Waals surface area contributed by atoms with Gasteiger partial charge in [0.05, 0.1) is 26.7 Å². The normalized spacial score (nSPS) is 10.2. The maximum atomic E-state index is 12.9. The highest BCUT2D eigenvalue weighted by Gasteiger charge is 2.17. The van der Waals surface area contributed by atoms with Gasteiger partial charge in [-0.1, -0.05) is 17.7 Å². The van der Waals surface area contributed by atoms with Crippen LogP contribution in [0.3, 0.4) is 0 Å². The monoisotopic (exact) mass is 385 g/mol. The van der Waals surface area contributed by atoms with Crippen LogP contribution in [0.15, 0.2) is 48.5 Å². The molecule has 0 radical (unpaired) electrons. The molecule has 1 amide bonds. The van der Waals surface area contributed by atoms with Crippen molar-refractivity contribution < 1.29 is 23.8 Å². The number of rotatable bonds is 10. The number of carbonyl (C=O) groups excluding carboxylic acids is 2. The minimum absolute atomic E-state index is 0.136. The summed E-state index contributed by atoms with van der Waals surface area (Å²) in [4.78, 5) is 26.2. The predicted molar refractivity (Wildman–Crippen MR) is 107 cm³/mol. The summed E-state index contributed by atoms with van der Waals surface area (Å²) in [6.45, 7) is 5.00. The summed E-state index contributed by atoms with van der Waals surface area (Å²) in [5.41, 5.74) is 1.66. The zero-order valence-corrected chi connectivity index (χ0v) is 16.6. The molecule has 0 saturated heterocycles. The van der Waals surface area contributed by atoms with Crippen molar-refractivity contribution in [2.24, 2.45) is 0 Å². The van der Waals surface area contributed by atoms with Crippen LogP contribution in [0.1, 0.15) is 29.3 Å². The number of hydrogen-bond acceptors (Lipinski definition) is 5. The molecular formula is C22H27NO5. The van der Waals surface area contributed by atoms with Gasteiger partial charge in [0.1, 0.15) is 18.1 Å². The molecule has 0 aliphatic rings. The topological polar surface area (TPSA) is 65.1 Å². The van der Waals surface area contributed by atoms with Crippen LogP contribution in [-0.2, 0) is 9.53 Å². The molecule has 28 heavy (non-hydrogen) atoms. The highest BCUT2D eigenvalue weighted by molar-refractivity contribution is 5.94.